The Balaban J connectivity index is 0.00000400. The third kappa shape index (κ3) is 5.71. The van der Waals surface area contributed by atoms with E-state index in [2.05, 4.69) is 31.4 Å². The largest absolute Gasteiger partial charge is 0.395 e. The Bertz CT molecular complexity index is 357. The van der Waals surface area contributed by atoms with Crippen LogP contribution in [-0.4, -0.2) is 57.7 Å². The first-order valence-electron chi connectivity index (χ1n) is 7.02. The second-order valence-corrected chi connectivity index (χ2v) is 7.53. The van der Waals surface area contributed by atoms with Crippen molar-refractivity contribution in [1.29, 1.82) is 0 Å². The van der Waals surface area contributed by atoms with Crippen molar-refractivity contribution in [2.45, 2.75) is 70.9 Å². The van der Waals surface area contributed by atoms with Crippen molar-refractivity contribution in [2.24, 2.45) is 5.41 Å². The first-order chi connectivity index (χ1) is 8.97. The number of hydrogen-bond donors (Lipinski definition) is 5. The van der Waals surface area contributed by atoms with Gasteiger partial charge in [-0.3, -0.25) is 10.1 Å². The lowest BCUT2D eigenvalue weighted by Gasteiger charge is -2.34. The molecule has 1 saturated heterocycles. The molecule has 1 aliphatic rings. The fourth-order valence-electron chi connectivity index (χ4n) is 3.04. The lowest BCUT2D eigenvalue weighted by Crippen LogP contribution is -2.55. The van der Waals surface area contributed by atoms with Gasteiger partial charge in [-0.25, -0.2) is 0 Å². The minimum atomic E-state index is -1.21. The van der Waals surface area contributed by atoms with Crippen molar-refractivity contribution in [2.75, 3.05) is 6.61 Å². The predicted octanol–water partition coefficient (Wildman–Crippen LogP) is -0.206. The summed E-state index contributed by atoms with van der Waals surface area (Å²) in [6, 6.07) is -1.58. The van der Waals surface area contributed by atoms with E-state index in [1.807, 2.05) is 13.8 Å². The average molecular weight is 325 g/mol. The third-order valence-electron chi connectivity index (χ3n) is 3.41. The summed E-state index contributed by atoms with van der Waals surface area (Å²) in [7, 11) is 0. The SMILES string of the molecule is CC(C)(C)CC(C)(C)NC(=O)[C@H]1N[C@H](CO)[C@H](O)[C@@H]1O.Cl. The molecule has 4 atom stereocenters. The lowest BCUT2D eigenvalue weighted by molar-refractivity contribution is -0.127. The minimum absolute atomic E-state index is 0. The third-order valence-corrected chi connectivity index (χ3v) is 3.41. The van der Waals surface area contributed by atoms with Crippen LogP contribution in [0.2, 0.25) is 0 Å². The first kappa shape index (κ1) is 20.6. The van der Waals surface area contributed by atoms with Gasteiger partial charge in [0.15, 0.2) is 0 Å². The summed E-state index contributed by atoms with van der Waals surface area (Å²) in [5.41, 5.74) is -0.357. The molecule has 126 valence electrons. The van der Waals surface area contributed by atoms with Gasteiger partial charge in [-0.15, -0.1) is 12.4 Å². The van der Waals surface area contributed by atoms with Crippen molar-refractivity contribution in [3.63, 3.8) is 0 Å². The second-order valence-electron chi connectivity index (χ2n) is 7.53. The summed E-state index contributed by atoms with van der Waals surface area (Å²) in [6.45, 7) is 9.81. The van der Waals surface area contributed by atoms with E-state index in [0.29, 0.717) is 0 Å². The molecule has 7 heteroatoms. The van der Waals surface area contributed by atoms with Crippen LogP contribution in [-0.2, 0) is 4.79 Å². The molecule has 0 aromatic heterocycles. The van der Waals surface area contributed by atoms with Crippen LogP contribution in [0.4, 0.5) is 0 Å². The number of carbonyl (C=O) groups excluding carboxylic acids is 1. The van der Waals surface area contributed by atoms with Gasteiger partial charge in [-0.2, -0.15) is 0 Å². The van der Waals surface area contributed by atoms with Crippen LogP contribution in [0.25, 0.3) is 0 Å². The van der Waals surface area contributed by atoms with Crippen LogP contribution in [0.1, 0.15) is 41.0 Å². The molecule has 21 heavy (non-hydrogen) atoms. The quantitative estimate of drug-likeness (QED) is 0.493. The molecule has 1 rings (SSSR count). The highest BCUT2D eigenvalue weighted by atomic mass is 35.5. The van der Waals surface area contributed by atoms with Crippen molar-refractivity contribution in [1.82, 2.24) is 10.6 Å². The van der Waals surface area contributed by atoms with Gasteiger partial charge in [-0.1, -0.05) is 20.8 Å². The highest BCUT2D eigenvalue weighted by molar-refractivity contribution is 5.85. The Hall–Kier alpha value is -0.400. The van der Waals surface area contributed by atoms with Crippen LogP contribution in [0.15, 0.2) is 0 Å². The van der Waals surface area contributed by atoms with E-state index in [9.17, 15) is 15.0 Å². The summed E-state index contributed by atoms with van der Waals surface area (Å²) in [5.74, 6) is -0.359. The summed E-state index contributed by atoms with van der Waals surface area (Å²) in [5, 5.41) is 34.3. The number of hydrogen-bond acceptors (Lipinski definition) is 5. The normalized spacial score (nSPS) is 29.9. The molecule has 5 N–H and O–H groups in total. The number of rotatable bonds is 4. The summed E-state index contributed by atoms with van der Waals surface area (Å²) in [4.78, 5) is 12.2. The molecule has 0 bridgehead atoms. The van der Waals surface area contributed by atoms with Gasteiger partial charge in [-0.05, 0) is 25.7 Å². The Morgan fingerprint density at radius 3 is 2.05 bits per heavy atom. The van der Waals surface area contributed by atoms with Crippen LogP contribution in [0.3, 0.4) is 0 Å². The number of halogens is 1. The van der Waals surface area contributed by atoms with Crippen LogP contribution in [0.5, 0.6) is 0 Å². The summed E-state index contributed by atoms with van der Waals surface area (Å²) in [6.07, 6.45) is -1.57. The number of nitrogens with one attached hydrogen (secondary N) is 2. The molecule has 1 fully saturated rings. The fourth-order valence-corrected chi connectivity index (χ4v) is 3.04. The second kappa shape index (κ2) is 7.24. The molecule has 1 heterocycles. The average Bonchev–Trinajstić information content (AvgIpc) is 2.51. The molecular weight excluding hydrogens is 296 g/mol. The van der Waals surface area contributed by atoms with Crippen molar-refractivity contribution in [3.05, 3.63) is 0 Å². The van der Waals surface area contributed by atoms with Gasteiger partial charge < -0.3 is 20.6 Å². The monoisotopic (exact) mass is 324 g/mol. The van der Waals surface area contributed by atoms with E-state index < -0.39 is 29.8 Å². The molecule has 1 amide bonds. The standard InChI is InChI=1S/C14H28N2O4.ClH/c1-13(2,3)7-14(4,5)16-12(20)9-11(19)10(18)8(6-17)15-9;/h8-11,15,17-19H,6-7H2,1-5H3,(H,16,20);1H/t8-,9+,10+,11-;/m1./s1. The highest BCUT2D eigenvalue weighted by Gasteiger charge is 2.45. The van der Waals surface area contributed by atoms with E-state index in [0.717, 1.165) is 6.42 Å². The highest BCUT2D eigenvalue weighted by Crippen LogP contribution is 2.27. The fraction of sp³-hybridized carbons (Fsp3) is 0.929. The predicted molar refractivity (Wildman–Crippen MR) is 83.4 cm³/mol. The molecule has 0 saturated carbocycles. The van der Waals surface area contributed by atoms with E-state index in [-0.39, 0.29) is 30.3 Å². The number of aliphatic hydroxyl groups is 3. The Kier molecular flexibility index (Phi) is 7.10. The number of carbonyl (C=O) groups is 1. The maximum Gasteiger partial charge on any atom is 0.240 e. The Morgan fingerprint density at radius 1 is 1.14 bits per heavy atom. The molecule has 0 aromatic carbocycles. The van der Waals surface area contributed by atoms with E-state index in [1.54, 1.807) is 0 Å². The van der Waals surface area contributed by atoms with E-state index in [1.165, 1.54) is 0 Å². The zero-order valence-corrected chi connectivity index (χ0v) is 14.2. The minimum Gasteiger partial charge on any atom is -0.395 e. The van der Waals surface area contributed by atoms with Crippen LogP contribution >= 0.6 is 12.4 Å². The van der Waals surface area contributed by atoms with Crippen LogP contribution < -0.4 is 10.6 Å². The first-order valence-corrected chi connectivity index (χ1v) is 7.02. The zero-order valence-electron chi connectivity index (χ0n) is 13.4. The van der Waals surface area contributed by atoms with Crippen molar-refractivity contribution >= 4 is 18.3 Å². The molecule has 0 unspecified atom stereocenters. The number of aliphatic hydroxyl groups excluding tert-OH is 3. The molecule has 0 aromatic rings. The summed E-state index contributed by atoms with van der Waals surface area (Å²) >= 11 is 0. The lowest BCUT2D eigenvalue weighted by atomic mass is 9.81. The number of amides is 1. The maximum absolute atomic E-state index is 12.2. The molecule has 1 aliphatic heterocycles. The topological polar surface area (TPSA) is 102 Å². The van der Waals surface area contributed by atoms with Crippen LogP contribution in [0, 0.1) is 5.41 Å². The molecule has 0 spiro atoms. The van der Waals surface area contributed by atoms with Gasteiger partial charge in [0, 0.05) is 5.54 Å². The van der Waals surface area contributed by atoms with Gasteiger partial charge in [0.05, 0.1) is 18.8 Å². The molecule has 6 nitrogen and oxygen atoms in total. The summed E-state index contributed by atoms with van der Waals surface area (Å²) < 4.78 is 0. The van der Waals surface area contributed by atoms with Crippen molar-refractivity contribution in [3.8, 4) is 0 Å². The van der Waals surface area contributed by atoms with Gasteiger partial charge in [0.2, 0.25) is 5.91 Å². The van der Waals surface area contributed by atoms with Gasteiger partial charge in [0.25, 0.3) is 0 Å². The molecule has 0 radical (unpaired) electrons. The Labute approximate surface area is 132 Å². The van der Waals surface area contributed by atoms with Gasteiger partial charge >= 0.3 is 0 Å². The van der Waals surface area contributed by atoms with Gasteiger partial charge in [0.1, 0.15) is 12.1 Å². The smallest absolute Gasteiger partial charge is 0.240 e. The van der Waals surface area contributed by atoms with E-state index in [4.69, 9.17) is 5.11 Å². The zero-order chi connectivity index (χ0) is 15.7. The molecule has 0 aliphatic carbocycles. The van der Waals surface area contributed by atoms with E-state index >= 15 is 0 Å². The van der Waals surface area contributed by atoms with Crippen molar-refractivity contribution < 1.29 is 20.1 Å². The molecular formula is C14H29ClN2O4. The Morgan fingerprint density at radius 2 is 1.67 bits per heavy atom. The maximum atomic E-state index is 12.2.